The number of likely N-dealkylation sites (N-methyl/N-ethyl adjacent to an activating group) is 1. The van der Waals surface area contributed by atoms with Crippen molar-refractivity contribution in [2.75, 3.05) is 13.6 Å². The Morgan fingerprint density at radius 1 is 1.04 bits per heavy atom. The van der Waals surface area contributed by atoms with Gasteiger partial charge in [0.05, 0.1) is 6.04 Å². The number of nitrogens with zero attached hydrogens (tertiary/aromatic N) is 1. The third-order valence-corrected chi connectivity index (χ3v) is 4.15. The summed E-state index contributed by atoms with van der Waals surface area (Å²) in [6.45, 7) is 6.36. The number of carbonyl (C=O) groups excluding carboxylic acids is 1. The number of ketones is 1. The molecule has 2 aromatic carbocycles. The van der Waals surface area contributed by atoms with E-state index in [0.29, 0.717) is 6.54 Å². The second kappa shape index (κ2) is 8.99. The van der Waals surface area contributed by atoms with Gasteiger partial charge in [0.25, 0.3) is 0 Å². The zero-order valence-electron chi connectivity index (χ0n) is 14.4. The molecule has 0 saturated carbocycles. The van der Waals surface area contributed by atoms with Crippen molar-refractivity contribution in [2.45, 2.75) is 18.9 Å². The zero-order chi connectivity index (χ0) is 17.4. The highest BCUT2D eigenvalue weighted by Crippen LogP contribution is 2.31. The number of carbonyl (C=O) groups is 1. The summed E-state index contributed by atoms with van der Waals surface area (Å²) >= 11 is 0. The van der Waals surface area contributed by atoms with Gasteiger partial charge in [-0.25, -0.2) is 0 Å². The van der Waals surface area contributed by atoms with Crippen LogP contribution in [-0.4, -0.2) is 30.3 Å². The van der Waals surface area contributed by atoms with E-state index in [0.717, 1.165) is 11.1 Å². The molecule has 0 aliphatic carbocycles. The Balaban J connectivity index is 2.56. The van der Waals surface area contributed by atoms with Crippen LogP contribution in [0.4, 0.5) is 0 Å². The van der Waals surface area contributed by atoms with E-state index in [9.17, 15) is 4.79 Å². The highest BCUT2D eigenvalue weighted by Gasteiger charge is 2.32. The van der Waals surface area contributed by atoms with Gasteiger partial charge in [-0.15, -0.1) is 6.58 Å². The predicted octanol–water partition coefficient (Wildman–Crippen LogP) is 4.45. The van der Waals surface area contributed by atoms with Crippen LogP contribution in [0.25, 0.3) is 0 Å². The van der Waals surface area contributed by atoms with Gasteiger partial charge in [-0.2, -0.15) is 0 Å². The van der Waals surface area contributed by atoms with Crippen molar-refractivity contribution in [2.24, 2.45) is 0 Å². The Labute approximate surface area is 145 Å². The van der Waals surface area contributed by atoms with E-state index in [2.05, 4.69) is 35.7 Å². The third kappa shape index (κ3) is 4.30. The lowest BCUT2D eigenvalue weighted by Gasteiger charge is -2.33. The summed E-state index contributed by atoms with van der Waals surface area (Å²) in [5.41, 5.74) is 2.28. The van der Waals surface area contributed by atoms with Gasteiger partial charge in [0, 0.05) is 12.5 Å². The van der Waals surface area contributed by atoms with Crippen LogP contribution in [0.2, 0.25) is 0 Å². The third-order valence-electron chi connectivity index (χ3n) is 4.15. The Kier molecular flexibility index (Phi) is 6.71. The van der Waals surface area contributed by atoms with E-state index in [4.69, 9.17) is 0 Å². The first-order valence-electron chi connectivity index (χ1n) is 8.26. The lowest BCUT2D eigenvalue weighted by Crippen LogP contribution is -2.43. The minimum Gasteiger partial charge on any atom is -0.293 e. The average molecular weight is 319 g/mol. The Bertz CT molecular complexity index is 636. The molecule has 124 valence electrons. The minimum absolute atomic E-state index is 0.0268. The highest BCUT2D eigenvalue weighted by atomic mass is 16.1. The number of allylic oxidation sites excluding steroid dienone is 1. The standard InChI is InChI=1S/C22H25NO/c1-4-12-20(24)22(23(3)17-5-2)21(18-13-8-6-9-14-18)19-15-10-7-11-16-19/h4-16,21-22H,2,17H2,1,3H3/b12-4+/t22-/m1/s1. The summed E-state index contributed by atoms with van der Waals surface area (Å²) < 4.78 is 0. The van der Waals surface area contributed by atoms with E-state index in [1.165, 1.54) is 0 Å². The van der Waals surface area contributed by atoms with E-state index >= 15 is 0 Å². The molecule has 2 aromatic rings. The van der Waals surface area contributed by atoms with Crippen molar-refractivity contribution in [3.8, 4) is 0 Å². The average Bonchev–Trinajstić information content (AvgIpc) is 2.61. The zero-order valence-corrected chi connectivity index (χ0v) is 14.4. The van der Waals surface area contributed by atoms with Crippen LogP contribution >= 0.6 is 0 Å². The van der Waals surface area contributed by atoms with E-state index in [-0.39, 0.29) is 17.7 Å². The van der Waals surface area contributed by atoms with E-state index < -0.39 is 0 Å². The number of hydrogen-bond donors (Lipinski definition) is 0. The fourth-order valence-corrected chi connectivity index (χ4v) is 3.09. The summed E-state index contributed by atoms with van der Waals surface area (Å²) in [5, 5.41) is 0. The maximum Gasteiger partial charge on any atom is 0.173 e. The largest absolute Gasteiger partial charge is 0.293 e. The molecule has 0 fully saturated rings. The molecule has 0 radical (unpaired) electrons. The van der Waals surface area contributed by atoms with Crippen LogP contribution in [0.3, 0.4) is 0 Å². The molecular weight excluding hydrogens is 294 g/mol. The van der Waals surface area contributed by atoms with Crippen LogP contribution in [0.5, 0.6) is 0 Å². The summed E-state index contributed by atoms with van der Waals surface area (Å²) in [7, 11) is 1.98. The SMILES string of the molecule is C=CCN(C)[C@H](C(=O)/C=C/C)C(c1ccccc1)c1ccccc1. The maximum atomic E-state index is 12.9. The lowest BCUT2D eigenvalue weighted by molar-refractivity contribution is -0.119. The molecule has 0 amide bonds. The second-order valence-electron chi connectivity index (χ2n) is 5.87. The summed E-state index contributed by atoms with van der Waals surface area (Å²) in [6.07, 6.45) is 5.32. The van der Waals surface area contributed by atoms with Crippen molar-refractivity contribution in [1.29, 1.82) is 0 Å². The molecule has 2 rings (SSSR count). The quantitative estimate of drug-likeness (QED) is 0.529. The normalized spacial score (nSPS) is 12.7. The van der Waals surface area contributed by atoms with E-state index in [1.807, 2.05) is 62.5 Å². The first-order valence-corrected chi connectivity index (χ1v) is 8.26. The molecule has 0 N–H and O–H groups in total. The molecule has 2 heteroatoms. The molecule has 0 saturated heterocycles. The van der Waals surface area contributed by atoms with Crippen LogP contribution in [0.15, 0.2) is 85.5 Å². The lowest BCUT2D eigenvalue weighted by atomic mass is 9.82. The predicted molar refractivity (Wildman–Crippen MR) is 101 cm³/mol. The Morgan fingerprint density at radius 3 is 1.96 bits per heavy atom. The van der Waals surface area contributed by atoms with Gasteiger partial charge in [0.2, 0.25) is 0 Å². The second-order valence-corrected chi connectivity index (χ2v) is 5.87. The molecule has 0 aliphatic heterocycles. The minimum atomic E-state index is -0.274. The summed E-state index contributed by atoms with van der Waals surface area (Å²) in [4.78, 5) is 15.0. The topological polar surface area (TPSA) is 20.3 Å². The van der Waals surface area contributed by atoms with Gasteiger partial charge in [0.1, 0.15) is 0 Å². The molecule has 0 aliphatic rings. The fraction of sp³-hybridized carbons (Fsp3) is 0.227. The van der Waals surface area contributed by atoms with Crippen LogP contribution in [0.1, 0.15) is 24.0 Å². The van der Waals surface area contributed by atoms with Gasteiger partial charge in [0.15, 0.2) is 5.78 Å². The molecular formula is C22H25NO. The van der Waals surface area contributed by atoms with Gasteiger partial charge < -0.3 is 0 Å². The summed E-state index contributed by atoms with van der Waals surface area (Å²) in [6, 6.07) is 20.2. The van der Waals surface area contributed by atoms with Crippen molar-refractivity contribution >= 4 is 5.78 Å². The van der Waals surface area contributed by atoms with Crippen molar-refractivity contribution in [3.05, 3.63) is 96.6 Å². The molecule has 2 nitrogen and oxygen atoms in total. The van der Waals surface area contributed by atoms with Gasteiger partial charge in [-0.05, 0) is 31.2 Å². The van der Waals surface area contributed by atoms with Gasteiger partial charge in [-0.3, -0.25) is 9.69 Å². The molecule has 0 bridgehead atoms. The van der Waals surface area contributed by atoms with Gasteiger partial charge in [-0.1, -0.05) is 72.8 Å². The van der Waals surface area contributed by atoms with Crippen LogP contribution in [0, 0.1) is 0 Å². The molecule has 1 atom stereocenters. The van der Waals surface area contributed by atoms with Gasteiger partial charge >= 0.3 is 0 Å². The molecule has 0 aromatic heterocycles. The van der Waals surface area contributed by atoms with Crippen molar-refractivity contribution in [1.82, 2.24) is 4.90 Å². The Hall–Kier alpha value is -2.45. The molecule has 24 heavy (non-hydrogen) atoms. The van der Waals surface area contributed by atoms with E-state index in [1.54, 1.807) is 6.08 Å². The number of hydrogen-bond acceptors (Lipinski definition) is 2. The van der Waals surface area contributed by atoms with Crippen molar-refractivity contribution in [3.63, 3.8) is 0 Å². The monoisotopic (exact) mass is 319 g/mol. The van der Waals surface area contributed by atoms with Crippen LogP contribution in [-0.2, 0) is 4.79 Å². The van der Waals surface area contributed by atoms with Crippen molar-refractivity contribution < 1.29 is 4.79 Å². The first-order chi connectivity index (χ1) is 11.7. The molecule has 0 spiro atoms. The first kappa shape index (κ1) is 17.9. The van der Waals surface area contributed by atoms with Crippen LogP contribution < -0.4 is 0 Å². The Morgan fingerprint density at radius 2 is 1.54 bits per heavy atom. The summed E-state index contributed by atoms with van der Waals surface area (Å²) in [5.74, 6) is 0.0839. The fourth-order valence-electron chi connectivity index (χ4n) is 3.09. The molecule has 0 unspecified atom stereocenters. The smallest absolute Gasteiger partial charge is 0.173 e. The maximum absolute atomic E-state index is 12.9. The number of benzene rings is 2. The molecule has 0 heterocycles. The number of rotatable bonds is 8. The highest BCUT2D eigenvalue weighted by molar-refractivity contribution is 5.95.